The van der Waals surface area contributed by atoms with Gasteiger partial charge in [0.05, 0.1) is 13.1 Å². The minimum Gasteiger partial charge on any atom is -0.357 e. The van der Waals surface area contributed by atoms with Gasteiger partial charge in [-0.1, -0.05) is 23.7 Å². The van der Waals surface area contributed by atoms with Crippen LogP contribution in [-0.4, -0.2) is 27.3 Å². The van der Waals surface area contributed by atoms with Crippen molar-refractivity contribution in [2.45, 2.75) is 45.8 Å². The zero-order valence-corrected chi connectivity index (χ0v) is 14.7. The molecule has 1 aromatic heterocycles. The normalized spacial score (nSPS) is 14.3. The fraction of sp³-hybridized carbons (Fsp3) is 0.471. The highest BCUT2D eigenvalue weighted by molar-refractivity contribution is 6.30. The number of aromatic nitrogens is 3. The second kappa shape index (κ2) is 8.15. The second-order valence-electron chi connectivity index (χ2n) is 5.82. The fourth-order valence-electron chi connectivity index (χ4n) is 2.76. The summed E-state index contributed by atoms with van der Waals surface area (Å²) >= 11 is 5.91. The lowest BCUT2D eigenvalue weighted by Gasteiger charge is -2.16. The molecule has 2 aromatic rings. The monoisotopic (exact) mass is 346 g/mol. The summed E-state index contributed by atoms with van der Waals surface area (Å²) in [4.78, 5) is 4.62. The number of hydrogen-bond acceptors (Lipinski definition) is 3. The summed E-state index contributed by atoms with van der Waals surface area (Å²) < 4.78 is 2.22. The first-order valence-electron chi connectivity index (χ1n) is 8.44. The molecule has 0 amide bonds. The van der Waals surface area contributed by atoms with E-state index in [9.17, 15) is 0 Å². The largest absolute Gasteiger partial charge is 0.357 e. The number of benzene rings is 1. The lowest BCUT2D eigenvalue weighted by atomic mass is 10.2. The van der Waals surface area contributed by atoms with Gasteiger partial charge in [0.2, 0.25) is 0 Å². The van der Waals surface area contributed by atoms with Crippen molar-refractivity contribution in [3.05, 3.63) is 46.5 Å². The van der Waals surface area contributed by atoms with Crippen LogP contribution in [0.4, 0.5) is 0 Å². The van der Waals surface area contributed by atoms with E-state index in [1.54, 1.807) is 0 Å². The molecule has 0 spiro atoms. The number of aryl methyl sites for hydroxylation is 1. The van der Waals surface area contributed by atoms with Crippen molar-refractivity contribution in [3.8, 4) is 0 Å². The Kier molecular flexibility index (Phi) is 5.69. The molecule has 128 valence electrons. The van der Waals surface area contributed by atoms with E-state index < -0.39 is 0 Å². The first-order valence-corrected chi connectivity index (χ1v) is 8.81. The van der Waals surface area contributed by atoms with E-state index in [0.29, 0.717) is 13.1 Å². The Hall–Kier alpha value is -2.08. The van der Waals surface area contributed by atoms with Crippen LogP contribution < -0.4 is 10.6 Å². The lowest BCUT2D eigenvalue weighted by molar-refractivity contribution is 0.504. The maximum absolute atomic E-state index is 5.91. The Bertz CT molecular complexity index is 692. The highest BCUT2D eigenvalue weighted by Crippen LogP contribution is 2.14. The van der Waals surface area contributed by atoms with Gasteiger partial charge in [-0.25, -0.2) is 4.99 Å². The van der Waals surface area contributed by atoms with Gasteiger partial charge in [-0.2, -0.15) is 0 Å². The molecule has 0 saturated carbocycles. The quantitative estimate of drug-likeness (QED) is 0.645. The molecule has 3 rings (SSSR count). The standard InChI is InChI=1S/C17H23ClN6/c1-2-19-17(20-11-13-6-8-14(18)9-7-13)21-12-16-23-22-15-5-3-4-10-24(15)16/h6-9H,2-5,10-12H2,1H3,(H2,19,20,21). The summed E-state index contributed by atoms with van der Waals surface area (Å²) in [6, 6.07) is 7.75. The molecule has 6 nitrogen and oxygen atoms in total. The molecule has 0 saturated heterocycles. The van der Waals surface area contributed by atoms with Gasteiger partial charge >= 0.3 is 0 Å². The van der Waals surface area contributed by atoms with Crippen molar-refractivity contribution in [2.75, 3.05) is 6.54 Å². The number of fused-ring (bicyclic) bond motifs is 1. The summed E-state index contributed by atoms with van der Waals surface area (Å²) in [5.41, 5.74) is 1.12. The van der Waals surface area contributed by atoms with E-state index in [0.717, 1.165) is 47.7 Å². The molecule has 1 aliphatic heterocycles. The Balaban J connectivity index is 1.62. The molecule has 7 heteroatoms. The van der Waals surface area contributed by atoms with Crippen molar-refractivity contribution in [2.24, 2.45) is 4.99 Å². The lowest BCUT2D eigenvalue weighted by Crippen LogP contribution is -2.37. The van der Waals surface area contributed by atoms with Gasteiger partial charge in [-0.05, 0) is 37.5 Å². The van der Waals surface area contributed by atoms with Gasteiger partial charge in [-0.3, -0.25) is 0 Å². The third kappa shape index (κ3) is 4.26. The number of nitrogens with zero attached hydrogens (tertiary/aromatic N) is 4. The third-order valence-electron chi connectivity index (χ3n) is 4.03. The number of nitrogens with one attached hydrogen (secondary N) is 2. The van der Waals surface area contributed by atoms with E-state index in [1.165, 1.54) is 12.8 Å². The number of aliphatic imine (C=N–C) groups is 1. The molecule has 2 N–H and O–H groups in total. The average molecular weight is 347 g/mol. The second-order valence-corrected chi connectivity index (χ2v) is 6.25. The Morgan fingerprint density at radius 2 is 2.04 bits per heavy atom. The van der Waals surface area contributed by atoms with Crippen molar-refractivity contribution in [1.82, 2.24) is 25.4 Å². The number of guanidine groups is 1. The molecule has 0 radical (unpaired) electrons. The van der Waals surface area contributed by atoms with Gasteiger partial charge in [0.1, 0.15) is 5.82 Å². The Labute approximate surface area is 147 Å². The van der Waals surface area contributed by atoms with Crippen molar-refractivity contribution >= 4 is 17.6 Å². The first kappa shape index (κ1) is 16.8. The van der Waals surface area contributed by atoms with Crippen LogP contribution in [0, 0.1) is 0 Å². The van der Waals surface area contributed by atoms with Gasteiger partial charge < -0.3 is 15.2 Å². The number of rotatable bonds is 5. The topological polar surface area (TPSA) is 67.1 Å². The summed E-state index contributed by atoms with van der Waals surface area (Å²) in [6.07, 6.45) is 3.43. The maximum Gasteiger partial charge on any atom is 0.191 e. The first-order chi connectivity index (χ1) is 11.8. The number of hydrogen-bond donors (Lipinski definition) is 2. The summed E-state index contributed by atoms with van der Waals surface area (Å²) in [7, 11) is 0. The zero-order chi connectivity index (χ0) is 16.8. The molecular weight excluding hydrogens is 324 g/mol. The minimum absolute atomic E-state index is 0.602. The third-order valence-corrected chi connectivity index (χ3v) is 4.28. The van der Waals surface area contributed by atoms with Crippen molar-refractivity contribution in [3.63, 3.8) is 0 Å². The predicted molar refractivity (Wildman–Crippen MR) is 96.1 cm³/mol. The number of halogens is 1. The van der Waals surface area contributed by atoms with Crippen LogP contribution in [0.25, 0.3) is 0 Å². The van der Waals surface area contributed by atoms with Gasteiger partial charge in [0.25, 0.3) is 0 Å². The SMILES string of the molecule is CCNC(=NCc1ccc(Cl)cc1)NCc1nnc2n1CCCC2. The molecule has 0 fully saturated rings. The van der Waals surface area contributed by atoms with Gasteiger partial charge in [0.15, 0.2) is 11.8 Å². The minimum atomic E-state index is 0.602. The molecule has 2 heterocycles. The van der Waals surface area contributed by atoms with Crippen LogP contribution in [0.1, 0.15) is 37.0 Å². The molecule has 1 aliphatic rings. The molecular formula is C17H23ClN6. The van der Waals surface area contributed by atoms with E-state index in [4.69, 9.17) is 11.6 Å². The summed E-state index contributed by atoms with van der Waals surface area (Å²) in [5.74, 6) is 2.85. The van der Waals surface area contributed by atoms with Crippen molar-refractivity contribution < 1.29 is 0 Å². The van der Waals surface area contributed by atoms with Gasteiger partial charge in [-0.15, -0.1) is 10.2 Å². The summed E-state index contributed by atoms with van der Waals surface area (Å²) in [5, 5.41) is 15.9. The highest BCUT2D eigenvalue weighted by Gasteiger charge is 2.15. The molecule has 0 atom stereocenters. The summed E-state index contributed by atoms with van der Waals surface area (Å²) in [6.45, 7) is 5.10. The Morgan fingerprint density at radius 1 is 1.21 bits per heavy atom. The van der Waals surface area contributed by atoms with E-state index in [1.807, 2.05) is 24.3 Å². The molecule has 0 bridgehead atoms. The van der Waals surface area contributed by atoms with Gasteiger partial charge in [0, 0.05) is 24.5 Å². The van der Waals surface area contributed by atoms with E-state index in [2.05, 4.69) is 37.3 Å². The van der Waals surface area contributed by atoms with Crippen LogP contribution in [-0.2, 0) is 26.1 Å². The highest BCUT2D eigenvalue weighted by atomic mass is 35.5. The van der Waals surface area contributed by atoms with E-state index in [-0.39, 0.29) is 0 Å². The molecule has 1 aromatic carbocycles. The van der Waals surface area contributed by atoms with Crippen molar-refractivity contribution in [1.29, 1.82) is 0 Å². The zero-order valence-electron chi connectivity index (χ0n) is 13.9. The maximum atomic E-state index is 5.91. The smallest absolute Gasteiger partial charge is 0.191 e. The average Bonchev–Trinajstić information content (AvgIpc) is 3.02. The molecule has 0 aliphatic carbocycles. The molecule has 24 heavy (non-hydrogen) atoms. The van der Waals surface area contributed by atoms with E-state index >= 15 is 0 Å². The van der Waals surface area contributed by atoms with Crippen LogP contribution in [0.2, 0.25) is 5.02 Å². The Morgan fingerprint density at radius 3 is 2.83 bits per heavy atom. The van der Waals surface area contributed by atoms with Crippen LogP contribution in [0.15, 0.2) is 29.3 Å². The van der Waals surface area contributed by atoms with Crippen LogP contribution in [0.5, 0.6) is 0 Å². The predicted octanol–water partition coefficient (Wildman–Crippen LogP) is 2.52. The molecule has 0 unspecified atom stereocenters. The fourth-order valence-corrected chi connectivity index (χ4v) is 2.89. The van der Waals surface area contributed by atoms with Crippen LogP contribution >= 0.6 is 11.6 Å². The van der Waals surface area contributed by atoms with Crippen LogP contribution in [0.3, 0.4) is 0 Å².